The van der Waals surface area contributed by atoms with Crippen LogP contribution in [0.4, 0.5) is 0 Å². The van der Waals surface area contributed by atoms with E-state index < -0.39 is 0 Å². The zero-order valence-electron chi connectivity index (χ0n) is 10.9. The number of benzene rings is 1. The molecule has 1 heterocycles. The number of ketones is 1. The molecule has 0 aliphatic carbocycles. The molecule has 0 N–H and O–H groups in total. The fraction of sp³-hybridized carbons (Fsp3) is 0.500. The molecule has 2 unspecified atom stereocenters. The zero-order chi connectivity index (χ0) is 13.1. The number of hydrogen-bond donors (Lipinski definition) is 0. The fourth-order valence-electron chi connectivity index (χ4n) is 2.14. The van der Waals surface area contributed by atoms with E-state index in [4.69, 9.17) is 14.2 Å². The van der Waals surface area contributed by atoms with E-state index >= 15 is 0 Å². The van der Waals surface area contributed by atoms with Crippen LogP contribution in [0.5, 0.6) is 11.5 Å². The van der Waals surface area contributed by atoms with Crippen molar-refractivity contribution in [3.8, 4) is 11.5 Å². The molecule has 98 valence electrons. The Morgan fingerprint density at radius 1 is 1.22 bits per heavy atom. The van der Waals surface area contributed by atoms with Gasteiger partial charge in [-0.2, -0.15) is 0 Å². The van der Waals surface area contributed by atoms with Crippen LogP contribution in [0, 0.1) is 5.92 Å². The molecule has 0 radical (unpaired) electrons. The normalized spacial score (nSPS) is 22.8. The Kier molecular flexibility index (Phi) is 3.87. The first-order chi connectivity index (χ1) is 8.65. The predicted molar refractivity (Wildman–Crippen MR) is 67.4 cm³/mol. The molecule has 4 heteroatoms. The number of methoxy groups -OCH3 is 2. The van der Waals surface area contributed by atoms with Crippen molar-refractivity contribution < 1.29 is 19.0 Å². The van der Waals surface area contributed by atoms with Gasteiger partial charge in [0.2, 0.25) is 0 Å². The quantitative estimate of drug-likeness (QED) is 0.769. The Hall–Kier alpha value is -1.55. The molecule has 1 aromatic carbocycles. The maximum atomic E-state index is 12.4. The molecule has 2 atom stereocenters. The summed E-state index contributed by atoms with van der Waals surface area (Å²) in [5.41, 5.74) is 0.574. The van der Waals surface area contributed by atoms with Crippen molar-refractivity contribution in [1.82, 2.24) is 0 Å². The average Bonchev–Trinajstić information content (AvgIpc) is 2.83. The lowest BCUT2D eigenvalue weighted by atomic mass is 9.96. The van der Waals surface area contributed by atoms with Gasteiger partial charge in [0.25, 0.3) is 0 Å². The smallest absolute Gasteiger partial charge is 0.192 e. The first kappa shape index (κ1) is 12.9. The summed E-state index contributed by atoms with van der Waals surface area (Å²) in [5, 5.41) is 0. The van der Waals surface area contributed by atoms with Crippen molar-refractivity contribution in [1.29, 1.82) is 0 Å². The van der Waals surface area contributed by atoms with E-state index in [0.717, 1.165) is 6.42 Å². The van der Waals surface area contributed by atoms with Gasteiger partial charge in [0.1, 0.15) is 17.6 Å². The van der Waals surface area contributed by atoms with Gasteiger partial charge in [0, 0.05) is 18.2 Å². The Morgan fingerprint density at radius 3 is 2.28 bits per heavy atom. The fourth-order valence-corrected chi connectivity index (χ4v) is 2.14. The molecule has 0 spiro atoms. The third-order valence-electron chi connectivity index (χ3n) is 3.28. The van der Waals surface area contributed by atoms with E-state index in [9.17, 15) is 4.79 Å². The number of hydrogen-bond acceptors (Lipinski definition) is 4. The van der Waals surface area contributed by atoms with Crippen LogP contribution in [0.1, 0.15) is 23.7 Å². The first-order valence-electron chi connectivity index (χ1n) is 6.04. The van der Waals surface area contributed by atoms with Gasteiger partial charge in [-0.3, -0.25) is 4.79 Å². The number of Topliss-reactive ketones (excluding diaryl/α,β-unsaturated/α-hetero) is 1. The second-order valence-corrected chi connectivity index (χ2v) is 4.52. The Bertz CT molecular complexity index is 419. The van der Waals surface area contributed by atoms with Crippen molar-refractivity contribution >= 4 is 5.78 Å². The summed E-state index contributed by atoms with van der Waals surface area (Å²) in [4.78, 5) is 12.4. The maximum Gasteiger partial charge on any atom is 0.192 e. The van der Waals surface area contributed by atoms with Crippen LogP contribution in [0.2, 0.25) is 0 Å². The van der Waals surface area contributed by atoms with Gasteiger partial charge < -0.3 is 14.2 Å². The van der Waals surface area contributed by atoms with Crippen LogP contribution in [0.3, 0.4) is 0 Å². The third-order valence-corrected chi connectivity index (χ3v) is 3.28. The minimum atomic E-state index is -0.346. The summed E-state index contributed by atoms with van der Waals surface area (Å²) in [6.07, 6.45) is 0.583. The van der Waals surface area contributed by atoms with Gasteiger partial charge in [0.05, 0.1) is 14.2 Å². The van der Waals surface area contributed by atoms with Gasteiger partial charge in [-0.1, -0.05) is 6.92 Å². The van der Waals surface area contributed by atoms with Gasteiger partial charge >= 0.3 is 0 Å². The lowest BCUT2D eigenvalue weighted by Crippen LogP contribution is -2.25. The second-order valence-electron chi connectivity index (χ2n) is 4.52. The number of ether oxygens (including phenoxy) is 3. The summed E-state index contributed by atoms with van der Waals surface area (Å²) in [7, 11) is 3.13. The summed E-state index contributed by atoms with van der Waals surface area (Å²) in [6.45, 7) is 2.69. The highest BCUT2D eigenvalue weighted by atomic mass is 16.5. The van der Waals surface area contributed by atoms with Gasteiger partial charge in [-0.25, -0.2) is 0 Å². The standard InChI is InChI=1S/C14H18O4/c1-9-4-5-18-14(9)13(15)10-6-11(16-2)8-12(7-10)17-3/h6-9,14H,4-5H2,1-3H3. The lowest BCUT2D eigenvalue weighted by molar-refractivity contribution is 0.0579. The second kappa shape index (κ2) is 5.40. The SMILES string of the molecule is COc1cc(OC)cc(C(=O)C2OCCC2C)c1. The number of carbonyl (C=O) groups is 1. The molecule has 2 rings (SSSR count). The van der Waals surface area contributed by atoms with Crippen LogP contribution >= 0.6 is 0 Å². The third kappa shape index (κ3) is 2.48. The lowest BCUT2D eigenvalue weighted by Gasteiger charge is -2.14. The van der Waals surface area contributed by atoms with E-state index in [0.29, 0.717) is 23.7 Å². The van der Waals surface area contributed by atoms with Crippen LogP contribution in [0.25, 0.3) is 0 Å². The summed E-state index contributed by atoms with van der Waals surface area (Å²) in [6, 6.07) is 5.19. The monoisotopic (exact) mass is 250 g/mol. The topological polar surface area (TPSA) is 44.8 Å². The molecule has 0 amide bonds. The molecule has 1 aliphatic rings. The van der Waals surface area contributed by atoms with E-state index in [2.05, 4.69) is 0 Å². The van der Waals surface area contributed by atoms with Crippen molar-refractivity contribution in [2.24, 2.45) is 5.92 Å². The molecule has 1 fully saturated rings. The van der Waals surface area contributed by atoms with Crippen LogP contribution in [-0.2, 0) is 4.74 Å². The molecule has 4 nitrogen and oxygen atoms in total. The number of carbonyl (C=O) groups excluding carboxylic acids is 1. The largest absolute Gasteiger partial charge is 0.497 e. The molecule has 18 heavy (non-hydrogen) atoms. The molecular weight excluding hydrogens is 232 g/mol. The number of rotatable bonds is 4. The zero-order valence-corrected chi connectivity index (χ0v) is 10.9. The summed E-state index contributed by atoms with van der Waals surface area (Å²) >= 11 is 0. The highest BCUT2D eigenvalue weighted by molar-refractivity contribution is 6.00. The summed E-state index contributed by atoms with van der Waals surface area (Å²) < 4.78 is 15.8. The maximum absolute atomic E-state index is 12.4. The summed E-state index contributed by atoms with van der Waals surface area (Å²) in [5.74, 6) is 1.48. The highest BCUT2D eigenvalue weighted by Crippen LogP contribution is 2.28. The molecule has 0 saturated carbocycles. The molecular formula is C14H18O4. The molecule has 0 aromatic heterocycles. The van der Waals surface area contributed by atoms with E-state index in [1.165, 1.54) is 0 Å². The Morgan fingerprint density at radius 2 is 1.83 bits per heavy atom. The molecule has 1 saturated heterocycles. The molecule has 0 bridgehead atoms. The van der Waals surface area contributed by atoms with Crippen molar-refractivity contribution in [3.05, 3.63) is 23.8 Å². The van der Waals surface area contributed by atoms with Gasteiger partial charge in [0.15, 0.2) is 5.78 Å². The molecule has 1 aromatic rings. The van der Waals surface area contributed by atoms with Gasteiger partial charge in [-0.05, 0) is 24.5 Å². The minimum absolute atomic E-state index is 0.00259. The van der Waals surface area contributed by atoms with Crippen molar-refractivity contribution in [2.75, 3.05) is 20.8 Å². The van der Waals surface area contributed by atoms with Crippen molar-refractivity contribution in [3.63, 3.8) is 0 Å². The van der Waals surface area contributed by atoms with E-state index in [1.807, 2.05) is 6.92 Å². The average molecular weight is 250 g/mol. The van der Waals surface area contributed by atoms with Crippen molar-refractivity contribution in [2.45, 2.75) is 19.4 Å². The van der Waals surface area contributed by atoms with E-state index in [-0.39, 0.29) is 17.8 Å². The van der Waals surface area contributed by atoms with Crippen LogP contribution in [0.15, 0.2) is 18.2 Å². The van der Waals surface area contributed by atoms with Gasteiger partial charge in [-0.15, -0.1) is 0 Å². The first-order valence-corrected chi connectivity index (χ1v) is 6.04. The Labute approximate surface area is 107 Å². The highest BCUT2D eigenvalue weighted by Gasteiger charge is 2.31. The predicted octanol–water partition coefficient (Wildman–Crippen LogP) is 2.31. The van der Waals surface area contributed by atoms with Crippen LogP contribution in [-0.4, -0.2) is 32.7 Å². The van der Waals surface area contributed by atoms with Crippen LogP contribution < -0.4 is 9.47 Å². The van der Waals surface area contributed by atoms with E-state index in [1.54, 1.807) is 32.4 Å². The Balaban J connectivity index is 2.29. The minimum Gasteiger partial charge on any atom is -0.497 e. The molecule has 1 aliphatic heterocycles.